The molecule has 7 heteroatoms. The molecule has 0 spiro atoms. The molecule has 1 amide bonds. The van der Waals surface area contributed by atoms with Crippen molar-refractivity contribution in [1.82, 2.24) is 5.32 Å². The van der Waals surface area contributed by atoms with E-state index in [1.807, 2.05) is 50.2 Å². The number of fused-ring (bicyclic) bond motifs is 3. The summed E-state index contributed by atoms with van der Waals surface area (Å²) in [6, 6.07) is 15.0. The monoisotopic (exact) mass is 443 g/mol. The molecule has 0 heterocycles. The van der Waals surface area contributed by atoms with Crippen LogP contribution in [0.2, 0.25) is 0 Å². The molecule has 2 aromatic rings. The van der Waals surface area contributed by atoms with Crippen molar-refractivity contribution in [3.8, 4) is 11.1 Å². The fraction of sp³-hybridized carbons (Fsp3) is 0.417. The maximum atomic E-state index is 12.4. The number of alkyl carbamates (subject to hydrolysis) is 1. The third kappa shape index (κ3) is 5.40. The van der Waals surface area contributed by atoms with E-state index >= 15 is 0 Å². The Morgan fingerprint density at radius 2 is 1.65 bits per heavy atom. The van der Waals surface area contributed by atoms with Crippen LogP contribution in [0.4, 0.5) is 4.79 Å². The van der Waals surface area contributed by atoms with Gasteiger partial charge in [0.2, 0.25) is 0 Å². The van der Waals surface area contributed by atoms with Gasteiger partial charge < -0.3 is 20.3 Å². The summed E-state index contributed by atoms with van der Waals surface area (Å²) in [5.74, 6) is -0.663. The molecule has 0 saturated heterocycles. The van der Waals surface area contributed by atoms with Gasteiger partial charge in [0.15, 0.2) is 0 Å². The van der Waals surface area contributed by atoms with Crippen LogP contribution in [0.15, 0.2) is 48.5 Å². The highest BCUT2D eigenvalue weighted by atomic mass is 32.2. The largest absolute Gasteiger partial charge is 0.480 e. The lowest BCUT2D eigenvalue weighted by Gasteiger charge is -2.27. The first-order chi connectivity index (χ1) is 14.7. The van der Waals surface area contributed by atoms with Crippen LogP contribution in [0, 0.1) is 5.92 Å². The number of aliphatic hydroxyl groups is 1. The molecule has 31 heavy (non-hydrogen) atoms. The summed E-state index contributed by atoms with van der Waals surface area (Å²) in [6.07, 6.45) is -0.759. The second-order valence-corrected chi connectivity index (χ2v) is 9.42. The molecule has 3 rings (SSSR count). The smallest absolute Gasteiger partial charge is 0.407 e. The first-order valence-corrected chi connectivity index (χ1v) is 11.5. The summed E-state index contributed by atoms with van der Waals surface area (Å²) in [4.78, 5) is 23.9. The SMILES string of the molecule is CC(C)C(C)(O)CSCC(NC(=O)OCC1c2ccccc2-c2ccccc21)C(=O)O. The molecule has 0 aromatic heterocycles. The van der Waals surface area contributed by atoms with Crippen LogP contribution in [0.25, 0.3) is 11.1 Å². The lowest BCUT2D eigenvalue weighted by atomic mass is 9.95. The van der Waals surface area contributed by atoms with Gasteiger partial charge in [0.25, 0.3) is 0 Å². The van der Waals surface area contributed by atoms with E-state index in [1.165, 1.54) is 11.8 Å². The third-order valence-electron chi connectivity index (χ3n) is 5.86. The van der Waals surface area contributed by atoms with Gasteiger partial charge in [0.05, 0.1) is 5.60 Å². The van der Waals surface area contributed by atoms with Gasteiger partial charge in [-0.3, -0.25) is 0 Å². The van der Waals surface area contributed by atoms with Gasteiger partial charge in [-0.1, -0.05) is 62.4 Å². The van der Waals surface area contributed by atoms with E-state index in [0.717, 1.165) is 22.3 Å². The third-order valence-corrected chi connectivity index (χ3v) is 7.21. The molecule has 0 fully saturated rings. The number of thioether (sulfide) groups is 1. The second-order valence-electron chi connectivity index (χ2n) is 8.39. The minimum absolute atomic E-state index is 0.0402. The molecule has 2 atom stereocenters. The standard InChI is InChI=1S/C24H29NO5S/c1-15(2)24(3,29)14-31-13-21(22(26)27)25-23(28)30-12-20-18-10-6-4-8-16(18)17-9-5-7-11-19(17)20/h4-11,15,20-21,29H,12-14H2,1-3H3,(H,25,28)(H,26,27). The molecule has 0 bridgehead atoms. The zero-order valence-corrected chi connectivity index (χ0v) is 18.8. The summed E-state index contributed by atoms with van der Waals surface area (Å²) >= 11 is 1.29. The summed E-state index contributed by atoms with van der Waals surface area (Å²) in [6.45, 7) is 5.66. The van der Waals surface area contributed by atoms with Gasteiger partial charge in [-0.2, -0.15) is 11.8 Å². The van der Waals surface area contributed by atoms with E-state index in [1.54, 1.807) is 6.92 Å². The van der Waals surface area contributed by atoms with E-state index in [2.05, 4.69) is 17.4 Å². The Morgan fingerprint density at radius 3 is 2.16 bits per heavy atom. The van der Waals surface area contributed by atoms with E-state index in [0.29, 0.717) is 5.75 Å². The molecule has 0 radical (unpaired) electrons. The lowest BCUT2D eigenvalue weighted by molar-refractivity contribution is -0.138. The van der Waals surface area contributed by atoms with Crippen molar-refractivity contribution < 1.29 is 24.5 Å². The zero-order chi connectivity index (χ0) is 22.6. The number of carbonyl (C=O) groups is 2. The quantitative estimate of drug-likeness (QED) is 0.540. The van der Waals surface area contributed by atoms with Gasteiger partial charge in [0.1, 0.15) is 12.6 Å². The predicted molar refractivity (Wildman–Crippen MR) is 122 cm³/mol. The topological polar surface area (TPSA) is 95.9 Å². The molecule has 1 aliphatic rings. The lowest BCUT2D eigenvalue weighted by Crippen LogP contribution is -2.44. The van der Waals surface area contributed by atoms with Crippen LogP contribution >= 0.6 is 11.8 Å². The Kier molecular flexibility index (Phi) is 7.28. The molecule has 2 aromatic carbocycles. The average molecular weight is 444 g/mol. The highest BCUT2D eigenvalue weighted by molar-refractivity contribution is 7.99. The fourth-order valence-electron chi connectivity index (χ4n) is 3.51. The van der Waals surface area contributed by atoms with E-state index in [4.69, 9.17) is 4.74 Å². The fourth-order valence-corrected chi connectivity index (χ4v) is 4.83. The minimum atomic E-state index is -1.13. The van der Waals surface area contributed by atoms with Crippen molar-refractivity contribution in [2.45, 2.75) is 38.3 Å². The summed E-state index contributed by atoms with van der Waals surface area (Å²) in [5.41, 5.74) is 3.54. The van der Waals surface area contributed by atoms with Crippen molar-refractivity contribution in [3.05, 3.63) is 59.7 Å². The Morgan fingerprint density at radius 1 is 1.10 bits per heavy atom. The molecule has 166 valence electrons. The molecule has 3 N–H and O–H groups in total. The normalized spacial score (nSPS) is 15.6. The Hall–Kier alpha value is -2.51. The number of aliphatic carboxylic acids is 1. The van der Waals surface area contributed by atoms with Crippen LogP contribution in [-0.2, 0) is 9.53 Å². The number of carboxylic acid groups (broad SMARTS) is 1. The maximum absolute atomic E-state index is 12.4. The average Bonchev–Trinajstić information content (AvgIpc) is 3.05. The van der Waals surface area contributed by atoms with E-state index in [-0.39, 0.29) is 24.2 Å². The van der Waals surface area contributed by atoms with Crippen LogP contribution in [0.3, 0.4) is 0 Å². The van der Waals surface area contributed by atoms with Gasteiger partial charge in [-0.25, -0.2) is 9.59 Å². The van der Waals surface area contributed by atoms with Gasteiger partial charge >= 0.3 is 12.1 Å². The van der Waals surface area contributed by atoms with Crippen LogP contribution in [0.5, 0.6) is 0 Å². The number of ether oxygens (including phenoxy) is 1. The Bertz CT molecular complexity index is 898. The van der Waals surface area contributed by atoms with Crippen molar-refractivity contribution >= 4 is 23.8 Å². The van der Waals surface area contributed by atoms with Crippen molar-refractivity contribution in [2.75, 3.05) is 18.1 Å². The number of rotatable bonds is 9. The number of carbonyl (C=O) groups excluding carboxylic acids is 1. The Labute approximate surface area is 187 Å². The van der Waals surface area contributed by atoms with Crippen molar-refractivity contribution in [1.29, 1.82) is 0 Å². The number of carboxylic acids is 1. The summed E-state index contributed by atoms with van der Waals surface area (Å²) in [5, 5.41) is 22.2. The number of nitrogens with one attached hydrogen (secondary N) is 1. The molecule has 0 saturated carbocycles. The summed E-state index contributed by atoms with van der Waals surface area (Å²) in [7, 11) is 0. The van der Waals surface area contributed by atoms with Gasteiger partial charge in [-0.15, -0.1) is 0 Å². The second kappa shape index (κ2) is 9.75. The van der Waals surface area contributed by atoms with Crippen LogP contribution in [-0.4, -0.2) is 52.0 Å². The maximum Gasteiger partial charge on any atom is 0.407 e. The first-order valence-electron chi connectivity index (χ1n) is 10.3. The molecular formula is C24H29NO5S. The first kappa shape index (κ1) is 23.2. The molecule has 0 aliphatic heterocycles. The van der Waals surface area contributed by atoms with Crippen molar-refractivity contribution in [3.63, 3.8) is 0 Å². The number of hydrogen-bond donors (Lipinski definition) is 3. The van der Waals surface area contributed by atoms with Crippen molar-refractivity contribution in [2.24, 2.45) is 5.92 Å². The van der Waals surface area contributed by atoms with Gasteiger partial charge in [0, 0.05) is 17.4 Å². The van der Waals surface area contributed by atoms with E-state index in [9.17, 15) is 19.8 Å². The molecular weight excluding hydrogens is 414 g/mol. The van der Waals surface area contributed by atoms with E-state index < -0.39 is 23.7 Å². The zero-order valence-electron chi connectivity index (χ0n) is 18.0. The highest BCUT2D eigenvalue weighted by Gasteiger charge is 2.30. The van der Waals surface area contributed by atoms with Crippen LogP contribution < -0.4 is 5.32 Å². The predicted octanol–water partition coefficient (Wildman–Crippen LogP) is 4.12. The molecule has 1 aliphatic carbocycles. The number of amides is 1. The van der Waals surface area contributed by atoms with Gasteiger partial charge in [-0.05, 0) is 35.1 Å². The molecule has 2 unspecified atom stereocenters. The minimum Gasteiger partial charge on any atom is -0.480 e. The number of benzene rings is 2. The van der Waals surface area contributed by atoms with Crippen LogP contribution in [0.1, 0.15) is 37.8 Å². The highest BCUT2D eigenvalue weighted by Crippen LogP contribution is 2.44. The number of hydrogen-bond acceptors (Lipinski definition) is 5. The molecule has 6 nitrogen and oxygen atoms in total. The Balaban J connectivity index is 1.58. The summed E-state index contributed by atoms with van der Waals surface area (Å²) < 4.78 is 5.43.